The van der Waals surface area contributed by atoms with Crippen LogP contribution in [0.5, 0.6) is 0 Å². The number of carboxylic acids is 1. The highest BCUT2D eigenvalue weighted by atomic mass is 16.4. The van der Waals surface area contributed by atoms with Crippen LogP contribution in [0, 0.1) is 6.92 Å². The lowest BCUT2D eigenvalue weighted by atomic mass is 9.93. The van der Waals surface area contributed by atoms with Crippen molar-refractivity contribution in [3.63, 3.8) is 0 Å². The lowest BCUT2D eigenvalue weighted by molar-refractivity contribution is 0.0694. The molecule has 2 heterocycles. The number of aromatic nitrogens is 3. The number of anilines is 1. The number of nitrogens with zero attached hydrogens (tertiary/aromatic N) is 4. The SMILES string of the molecule is C=CCn1cc(C(=O)N2CCCc3c2ccc(C)c3C(=O)O)nn1. The summed E-state index contributed by atoms with van der Waals surface area (Å²) < 4.78 is 1.53. The van der Waals surface area contributed by atoms with Crippen molar-refractivity contribution in [2.24, 2.45) is 0 Å². The van der Waals surface area contributed by atoms with E-state index >= 15 is 0 Å². The van der Waals surface area contributed by atoms with Crippen LogP contribution in [0.25, 0.3) is 0 Å². The van der Waals surface area contributed by atoms with Crippen molar-refractivity contribution in [2.45, 2.75) is 26.3 Å². The standard InChI is InChI=1S/C17H18N4O3/c1-3-8-20-10-13(18-19-20)16(22)21-9-4-5-12-14(21)7-6-11(2)15(12)17(23)24/h3,6-7,10H,1,4-5,8-9H2,2H3,(H,23,24). The van der Waals surface area contributed by atoms with Gasteiger partial charge >= 0.3 is 5.97 Å². The smallest absolute Gasteiger partial charge is 0.336 e. The Bertz CT molecular complexity index is 825. The van der Waals surface area contributed by atoms with E-state index in [1.54, 1.807) is 30.2 Å². The van der Waals surface area contributed by atoms with Crippen LogP contribution < -0.4 is 4.90 Å². The quantitative estimate of drug-likeness (QED) is 0.869. The monoisotopic (exact) mass is 326 g/mol. The summed E-state index contributed by atoms with van der Waals surface area (Å²) in [4.78, 5) is 26.0. The average Bonchev–Trinajstić information content (AvgIpc) is 3.02. The summed E-state index contributed by atoms with van der Waals surface area (Å²) in [5.41, 5.74) is 2.59. The molecule has 0 saturated carbocycles. The van der Waals surface area contributed by atoms with Crippen LogP contribution in [0.4, 0.5) is 5.69 Å². The Morgan fingerprint density at radius 1 is 1.42 bits per heavy atom. The Hall–Kier alpha value is -2.96. The molecule has 0 saturated heterocycles. The zero-order chi connectivity index (χ0) is 17.3. The molecule has 0 unspecified atom stereocenters. The fraction of sp³-hybridized carbons (Fsp3) is 0.294. The Morgan fingerprint density at radius 3 is 2.92 bits per heavy atom. The number of allylic oxidation sites excluding steroid dienone is 1. The molecule has 0 spiro atoms. The lowest BCUT2D eigenvalue weighted by Gasteiger charge is -2.30. The minimum atomic E-state index is -0.962. The summed E-state index contributed by atoms with van der Waals surface area (Å²) in [6.07, 6.45) is 4.60. The number of benzene rings is 1. The van der Waals surface area contributed by atoms with Crippen LogP contribution in [0.2, 0.25) is 0 Å². The van der Waals surface area contributed by atoms with Crippen molar-refractivity contribution >= 4 is 17.6 Å². The molecule has 1 aromatic heterocycles. The van der Waals surface area contributed by atoms with Gasteiger partial charge in [0.25, 0.3) is 5.91 Å². The topological polar surface area (TPSA) is 88.3 Å². The summed E-state index contributed by atoms with van der Waals surface area (Å²) in [7, 11) is 0. The first kappa shape index (κ1) is 15.9. The van der Waals surface area contributed by atoms with Gasteiger partial charge in [-0.25, -0.2) is 9.48 Å². The van der Waals surface area contributed by atoms with Crippen LogP contribution in [0.3, 0.4) is 0 Å². The van der Waals surface area contributed by atoms with Gasteiger partial charge in [0.15, 0.2) is 5.69 Å². The number of aryl methyl sites for hydroxylation is 1. The van der Waals surface area contributed by atoms with Crippen molar-refractivity contribution in [1.82, 2.24) is 15.0 Å². The van der Waals surface area contributed by atoms with Gasteiger partial charge in [-0.3, -0.25) is 4.79 Å². The van der Waals surface area contributed by atoms with E-state index in [1.165, 1.54) is 4.68 Å². The van der Waals surface area contributed by atoms with Gasteiger partial charge in [0.1, 0.15) is 0 Å². The third kappa shape index (κ3) is 2.68. The second-order valence-electron chi connectivity index (χ2n) is 5.74. The molecule has 0 atom stereocenters. The molecule has 0 fully saturated rings. The van der Waals surface area contributed by atoms with E-state index in [2.05, 4.69) is 16.9 Å². The third-order valence-corrected chi connectivity index (χ3v) is 4.13. The van der Waals surface area contributed by atoms with Gasteiger partial charge in [-0.2, -0.15) is 0 Å². The first-order valence-corrected chi connectivity index (χ1v) is 7.71. The molecule has 1 N–H and O–H groups in total. The molecule has 0 radical (unpaired) electrons. The maximum Gasteiger partial charge on any atom is 0.336 e. The van der Waals surface area contributed by atoms with E-state index in [9.17, 15) is 14.7 Å². The molecule has 124 valence electrons. The van der Waals surface area contributed by atoms with E-state index < -0.39 is 5.97 Å². The minimum Gasteiger partial charge on any atom is -0.478 e. The average molecular weight is 326 g/mol. The van der Waals surface area contributed by atoms with Crippen LogP contribution in [-0.4, -0.2) is 38.5 Å². The van der Waals surface area contributed by atoms with Gasteiger partial charge in [0.2, 0.25) is 0 Å². The van der Waals surface area contributed by atoms with E-state index in [0.29, 0.717) is 48.3 Å². The predicted octanol–water partition coefficient (Wildman–Crippen LogP) is 2.06. The molecule has 1 aliphatic heterocycles. The molecule has 1 aliphatic rings. The maximum absolute atomic E-state index is 12.8. The highest BCUT2D eigenvalue weighted by Gasteiger charge is 2.29. The highest BCUT2D eigenvalue weighted by molar-refractivity contribution is 6.06. The zero-order valence-corrected chi connectivity index (χ0v) is 13.4. The number of carbonyl (C=O) groups excluding carboxylic acids is 1. The Morgan fingerprint density at radius 2 is 2.21 bits per heavy atom. The summed E-state index contributed by atoms with van der Waals surface area (Å²) in [6.45, 7) is 6.40. The largest absolute Gasteiger partial charge is 0.478 e. The summed E-state index contributed by atoms with van der Waals surface area (Å²) in [5, 5.41) is 17.3. The van der Waals surface area contributed by atoms with Crippen molar-refractivity contribution in [1.29, 1.82) is 0 Å². The van der Waals surface area contributed by atoms with E-state index in [-0.39, 0.29) is 11.6 Å². The van der Waals surface area contributed by atoms with Gasteiger partial charge in [-0.15, -0.1) is 11.7 Å². The molecule has 7 nitrogen and oxygen atoms in total. The minimum absolute atomic E-state index is 0.238. The fourth-order valence-corrected chi connectivity index (χ4v) is 3.06. The number of carbonyl (C=O) groups is 2. The zero-order valence-electron chi connectivity index (χ0n) is 13.4. The molecular formula is C17H18N4O3. The molecule has 1 aromatic carbocycles. The number of hydrogen-bond acceptors (Lipinski definition) is 4. The number of aromatic carboxylic acids is 1. The van der Waals surface area contributed by atoms with E-state index in [4.69, 9.17) is 0 Å². The van der Waals surface area contributed by atoms with Gasteiger partial charge in [-0.05, 0) is 37.0 Å². The Labute approximate surface area is 139 Å². The number of amides is 1. The molecule has 24 heavy (non-hydrogen) atoms. The van der Waals surface area contributed by atoms with Crippen LogP contribution in [-0.2, 0) is 13.0 Å². The Kier molecular flexibility index (Phi) is 4.16. The molecule has 3 rings (SSSR count). The highest BCUT2D eigenvalue weighted by Crippen LogP contribution is 2.32. The van der Waals surface area contributed by atoms with Crippen LogP contribution in [0.15, 0.2) is 31.0 Å². The summed E-state index contributed by atoms with van der Waals surface area (Å²) >= 11 is 0. The first-order chi connectivity index (χ1) is 11.5. The second-order valence-corrected chi connectivity index (χ2v) is 5.74. The second kappa shape index (κ2) is 6.27. The fourth-order valence-electron chi connectivity index (χ4n) is 3.06. The van der Waals surface area contributed by atoms with Crippen molar-refractivity contribution in [2.75, 3.05) is 11.4 Å². The van der Waals surface area contributed by atoms with Crippen molar-refractivity contribution in [3.8, 4) is 0 Å². The van der Waals surface area contributed by atoms with Crippen molar-refractivity contribution in [3.05, 3.63) is 53.4 Å². The van der Waals surface area contributed by atoms with Crippen LogP contribution >= 0.6 is 0 Å². The molecule has 0 aliphatic carbocycles. The molecule has 0 bridgehead atoms. The Balaban J connectivity index is 2.00. The number of fused-ring (bicyclic) bond motifs is 1. The molecule has 7 heteroatoms. The normalized spacial score (nSPS) is 13.5. The number of hydrogen-bond donors (Lipinski definition) is 1. The third-order valence-electron chi connectivity index (χ3n) is 4.13. The molecular weight excluding hydrogens is 308 g/mol. The molecule has 1 amide bonds. The van der Waals surface area contributed by atoms with Gasteiger partial charge < -0.3 is 10.0 Å². The number of rotatable bonds is 4. The predicted molar refractivity (Wildman–Crippen MR) is 88.4 cm³/mol. The van der Waals surface area contributed by atoms with E-state index in [1.807, 2.05) is 6.07 Å². The van der Waals surface area contributed by atoms with Gasteiger partial charge in [0, 0.05) is 12.2 Å². The van der Waals surface area contributed by atoms with Gasteiger partial charge in [-0.1, -0.05) is 17.4 Å². The maximum atomic E-state index is 12.8. The number of carboxylic acid groups (broad SMARTS) is 1. The van der Waals surface area contributed by atoms with Crippen LogP contribution in [0.1, 0.15) is 38.4 Å². The van der Waals surface area contributed by atoms with E-state index in [0.717, 1.165) is 0 Å². The van der Waals surface area contributed by atoms with Crippen molar-refractivity contribution < 1.29 is 14.7 Å². The summed E-state index contributed by atoms with van der Waals surface area (Å²) in [5.74, 6) is -1.23. The summed E-state index contributed by atoms with van der Waals surface area (Å²) in [6, 6.07) is 3.55. The van der Waals surface area contributed by atoms with Gasteiger partial charge in [0.05, 0.1) is 18.3 Å². The first-order valence-electron chi connectivity index (χ1n) is 7.71. The molecule has 2 aromatic rings. The lowest BCUT2D eigenvalue weighted by Crippen LogP contribution is -2.36.